The predicted octanol–water partition coefficient (Wildman–Crippen LogP) is 5.86. The van der Waals surface area contributed by atoms with Crippen LogP contribution in [0.3, 0.4) is 0 Å². The number of rotatable bonds is 10. The van der Waals surface area contributed by atoms with Gasteiger partial charge in [-0.3, -0.25) is 4.98 Å². The second kappa shape index (κ2) is 10.8. The summed E-state index contributed by atoms with van der Waals surface area (Å²) in [5, 5.41) is 0. The lowest BCUT2D eigenvalue weighted by Crippen LogP contribution is -2.17. The predicted molar refractivity (Wildman–Crippen MR) is 110 cm³/mol. The van der Waals surface area contributed by atoms with Crippen molar-refractivity contribution < 1.29 is 36.6 Å². The van der Waals surface area contributed by atoms with Gasteiger partial charge in [-0.15, -0.1) is 11.3 Å². The first kappa shape index (κ1) is 23.3. The minimum atomic E-state index is -3.23. The van der Waals surface area contributed by atoms with Crippen LogP contribution >= 0.6 is 11.3 Å². The van der Waals surface area contributed by atoms with Crippen LogP contribution < -0.4 is 14.4 Å². The van der Waals surface area contributed by atoms with E-state index in [-0.39, 0.29) is 6.61 Å². The van der Waals surface area contributed by atoms with Crippen molar-refractivity contribution in [2.45, 2.75) is 26.7 Å². The minimum Gasteiger partial charge on any atom is -0.462 e. The Bertz CT molecular complexity index is 1020. The molecule has 0 fully saturated rings. The van der Waals surface area contributed by atoms with Crippen LogP contribution in [-0.4, -0.2) is 30.8 Å². The number of anilines is 2. The lowest BCUT2D eigenvalue weighted by molar-refractivity contribution is -0.0692. The van der Waals surface area contributed by atoms with Gasteiger partial charge in [0.2, 0.25) is 0 Å². The maximum Gasteiger partial charge on any atom is 0.387 e. The zero-order chi connectivity index (χ0) is 23.1. The Morgan fingerprint density at radius 3 is 2.25 bits per heavy atom. The summed E-state index contributed by atoms with van der Waals surface area (Å²) >= 11 is 1.38. The quantitative estimate of drug-likeness (QED) is 0.273. The number of esters is 1. The summed E-state index contributed by atoms with van der Waals surface area (Å²) in [6.07, 6.45) is 1.65. The van der Waals surface area contributed by atoms with Gasteiger partial charge in [0.05, 0.1) is 24.2 Å². The van der Waals surface area contributed by atoms with E-state index in [2.05, 4.69) is 14.5 Å². The van der Waals surface area contributed by atoms with Gasteiger partial charge in [-0.05, 0) is 43.3 Å². The summed E-state index contributed by atoms with van der Waals surface area (Å²) in [6.45, 7) is -4.21. The molecule has 0 saturated heterocycles. The molecule has 0 unspecified atom stereocenters. The van der Waals surface area contributed by atoms with E-state index in [1.807, 2.05) is 0 Å². The van der Waals surface area contributed by atoms with E-state index in [1.54, 1.807) is 47.8 Å². The number of hydrogen-bond acceptors (Lipinski definition) is 7. The molecule has 0 bridgehead atoms. The normalized spacial score (nSPS) is 11.0. The molecule has 0 radical (unpaired) electrons. The van der Waals surface area contributed by atoms with Crippen LogP contribution in [0.25, 0.3) is 0 Å². The molecule has 11 heteroatoms. The monoisotopic (exact) mass is 470 g/mol. The molecule has 0 saturated carbocycles. The fourth-order valence-electron chi connectivity index (χ4n) is 2.85. The molecule has 0 aliphatic carbocycles. The zero-order valence-electron chi connectivity index (χ0n) is 16.7. The molecule has 170 valence electrons. The van der Waals surface area contributed by atoms with Gasteiger partial charge in [-0.2, -0.15) is 17.6 Å². The van der Waals surface area contributed by atoms with Crippen molar-refractivity contribution in [3.8, 4) is 11.5 Å². The number of benzene rings is 2. The Kier molecular flexibility index (Phi) is 7.87. The Morgan fingerprint density at radius 1 is 1.00 bits per heavy atom. The van der Waals surface area contributed by atoms with Gasteiger partial charge < -0.3 is 19.1 Å². The average molecular weight is 470 g/mol. The highest BCUT2D eigenvalue weighted by molar-refractivity contribution is 7.09. The van der Waals surface area contributed by atoms with Crippen molar-refractivity contribution in [1.82, 2.24) is 4.98 Å². The molecule has 1 aromatic heterocycles. The molecular weight excluding hydrogens is 452 g/mol. The van der Waals surface area contributed by atoms with E-state index in [9.17, 15) is 22.4 Å². The molecule has 0 N–H and O–H groups in total. The van der Waals surface area contributed by atoms with Crippen molar-refractivity contribution in [1.29, 1.82) is 0 Å². The third-order valence-electron chi connectivity index (χ3n) is 4.16. The molecule has 32 heavy (non-hydrogen) atoms. The number of halogens is 4. The maximum absolute atomic E-state index is 12.9. The van der Waals surface area contributed by atoms with E-state index < -0.39 is 30.7 Å². The molecule has 6 nitrogen and oxygen atoms in total. The van der Waals surface area contributed by atoms with Crippen molar-refractivity contribution in [2.75, 3.05) is 11.5 Å². The van der Waals surface area contributed by atoms with E-state index in [0.29, 0.717) is 23.5 Å². The molecule has 0 atom stereocenters. The second-order valence-corrected chi connectivity index (χ2v) is 7.18. The fraction of sp³-hybridized carbons (Fsp3) is 0.238. The Hall–Kier alpha value is -3.34. The molecule has 2 aromatic carbocycles. The molecular formula is C21H18F4N2O4S. The molecule has 0 spiro atoms. The number of alkyl halides is 4. The van der Waals surface area contributed by atoms with Gasteiger partial charge in [-0.1, -0.05) is 0 Å². The number of ether oxygens (including phenoxy) is 3. The van der Waals surface area contributed by atoms with E-state index >= 15 is 0 Å². The lowest BCUT2D eigenvalue weighted by atomic mass is 10.1. The highest BCUT2D eigenvalue weighted by atomic mass is 32.1. The van der Waals surface area contributed by atoms with Crippen molar-refractivity contribution in [3.63, 3.8) is 0 Å². The largest absolute Gasteiger partial charge is 0.462 e. The minimum absolute atomic E-state index is 0.234. The second-order valence-electron chi connectivity index (χ2n) is 6.21. The van der Waals surface area contributed by atoms with Crippen LogP contribution in [0.4, 0.5) is 28.9 Å². The van der Waals surface area contributed by atoms with E-state index in [1.165, 1.54) is 23.5 Å². The standard InChI is InChI=1S/C21H18F4N2O4S/c1-2-29-19(28)13-3-5-14(6-4-13)27(11-16-10-26-12-32-16)15-7-8-17(30-20(22)23)18(9-15)31-21(24)25/h3-10,12,20-21H,2,11H2,1H3. The topological polar surface area (TPSA) is 60.9 Å². The molecule has 1 heterocycles. The third kappa shape index (κ3) is 6.10. The van der Waals surface area contributed by atoms with E-state index in [4.69, 9.17) is 4.74 Å². The smallest absolute Gasteiger partial charge is 0.387 e. The molecule has 0 aliphatic heterocycles. The summed E-state index contributed by atoms with van der Waals surface area (Å²) in [4.78, 5) is 18.5. The summed E-state index contributed by atoms with van der Waals surface area (Å²) in [5.74, 6) is -1.52. The Balaban J connectivity index is 1.99. The van der Waals surface area contributed by atoms with Crippen molar-refractivity contribution in [2.24, 2.45) is 0 Å². The summed E-state index contributed by atoms with van der Waals surface area (Å²) in [5.41, 5.74) is 2.97. The molecule has 3 aromatic rings. The lowest BCUT2D eigenvalue weighted by Gasteiger charge is -2.25. The Morgan fingerprint density at radius 2 is 1.66 bits per heavy atom. The van der Waals surface area contributed by atoms with Crippen molar-refractivity contribution >= 4 is 28.7 Å². The van der Waals surface area contributed by atoms with Crippen LogP contribution in [0.15, 0.2) is 54.2 Å². The molecule has 3 rings (SSSR count). The number of nitrogens with zero attached hydrogens (tertiary/aromatic N) is 2. The van der Waals surface area contributed by atoms with Gasteiger partial charge in [0.1, 0.15) is 0 Å². The van der Waals surface area contributed by atoms with Crippen LogP contribution in [-0.2, 0) is 11.3 Å². The first-order chi connectivity index (χ1) is 15.4. The van der Waals surface area contributed by atoms with Crippen molar-refractivity contribution in [3.05, 3.63) is 64.6 Å². The molecule has 0 amide bonds. The molecule has 0 aliphatic rings. The van der Waals surface area contributed by atoms with Gasteiger partial charge in [0.15, 0.2) is 11.5 Å². The number of thiazole rings is 1. The van der Waals surface area contributed by atoms with Gasteiger partial charge >= 0.3 is 19.2 Å². The average Bonchev–Trinajstić information content (AvgIpc) is 3.26. The summed E-state index contributed by atoms with van der Waals surface area (Å²) < 4.78 is 64.7. The van der Waals surface area contributed by atoms with Gasteiger partial charge in [-0.25, -0.2) is 4.79 Å². The van der Waals surface area contributed by atoms with Crippen LogP contribution in [0.2, 0.25) is 0 Å². The first-order valence-corrected chi connectivity index (χ1v) is 10.2. The van der Waals surface area contributed by atoms with Gasteiger partial charge in [0.25, 0.3) is 0 Å². The SMILES string of the molecule is CCOC(=O)c1ccc(N(Cc2cncs2)c2ccc(OC(F)F)c(OC(F)F)c2)cc1. The van der Waals surface area contributed by atoms with E-state index in [0.717, 1.165) is 10.9 Å². The first-order valence-electron chi connectivity index (χ1n) is 9.33. The Labute approximate surface area is 185 Å². The highest BCUT2D eigenvalue weighted by Crippen LogP contribution is 2.37. The maximum atomic E-state index is 12.9. The van der Waals surface area contributed by atoms with Gasteiger partial charge in [0, 0.05) is 28.5 Å². The fourth-order valence-corrected chi connectivity index (χ4v) is 3.43. The summed E-state index contributed by atoms with van der Waals surface area (Å²) in [7, 11) is 0. The van der Waals surface area contributed by atoms with Crippen LogP contribution in [0.1, 0.15) is 22.2 Å². The number of aromatic nitrogens is 1. The summed E-state index contributed by atoms with van der Waals surface area (Å²) in [6, 6.07) is 10.2. The highest BCUT2D eigenvalue weighted by Gasteiger charge is 2.19. The number of hydrogen-bond donors (Lipinski definition) is 0. The number of carbonyl (C=O) groups is 1. The van der Waals surface area contributed by atoms with Crippen LogP contribution in [0, 0.1) is 0 Å². The number of carbonyl (C=O) groups excluding carboxylic acids is 1. The van der Waals surface area contributed by atoms with Crippen LogP contribution in [0.5, 0.6) is 11.5 Å². The zero-order valence-corrected chi connectivity index (χ0v) is 17.5. The third-order valence-corrected chi connectivity index (χ3v) is 4.92.